The van der Waals surface area contributed by atoms with Crippen molar-refractivity contribution < 1.29 is 24.8 Å². The zero-order chi connectivity index (χ0) is 23.5. The van der Waals surface area contributed by atoms with Gasteiger partial charge in [0.1, 0.15) is 42.0 Å². The molecule has 2 aromatic heterocycles. The smallest absolute Gasteiger partial charge is 0.181 e. The van der Waals surface area contributed by atoms with E-state index in [1.54, 1.807) is 18.0 Å². The van der Waals surface area contributed by atoms with Gasteiger partial charge >= 0.3 is 0 Å². The number of rotatable bonds is 8. The van der Waals surface area contributed by atoms with E-state index in [9.17, 15) is 15.3 Å². The number of ether oxygens (including phenoxy) is 2. The minimum atomic E-state index is -1.23. The molecule has 0 saturated carbocycles. The Morgan fingerprint density at radius 3 is 2.50 bits per heavy atom. The van der Waals surface area contributed by atoms with Crippen LogP contribution in [0.25, 0.3) is 11.0 Å². The molecule has 1 aliphatic heterocycles. The van der Waals surface area contributed by atoms with Crippen molar-refractivity contribution in [2.75, 3.05) is 6.61 Å². The number of aliphatic hydroxyl groups excluding tert-OH is 3. The van der Waals surface area contributed by atoms with Gasteiger partial charge in [0.2, 0.25) is 0 Å². The summed E-state index contributed by atoms with van der Waals surface area (Å²) in [5.41, 5.74) is 2.71. The Morgan fingerprint density at radius 2 is 1.76 bits per heavy atom. The average Bonchev–Trinajstić information content (AvgIpc) is 3.43. The maximum atomic E-state index is 10.3. The lowest BCUT2D eigenvalue weighted by Crippen LogP contribution is -2.33. The number of fused-ring (bicyclic) bond motifs is 1. The van der Waals surface area contributed by atoms with Crippen LogP contribution in [0.2, 0.25) is 0 Å². The van der Waals surface area contributed by atoms with Gasteiger partial charge < -0.3 is 24.8 Å². The summed E-state index contributed by atoms with van der Waals surface area (Å²) >= 11 is 1.54. The summed E-state index contributed by atoms with van der Waals surface area (Å²) in [5.74, 6) is 1.49. The van der Waals surface area contributed by atoms with Gasteiger partial charge in [0.25, 0.3) is 0 Å². The number of hydrogen-bond donors (Lipinski definition) is 3. The van der Waals surface area contributed by atoms with Crippen molar-refractivity contribution >= 4 is 22.8 Å². The minimum Gasteiger partial charge on any atom is -0.489 e. The molecule has 2 aromatic carbocycles. The molecule has 0 unspecified atom stereocenters. The van der Waals surface area contributed by atoms with Crippen molar-refractivity contribution in [3.05, 3.63) is 78.2 Å². The van der Waals surface area contributed by atoms with Gasteiger partial charge in [-0.25, -0.2) is 14.6 Å². The summed E-state index contributed by atoms with van der Waals surface area (Å²) in [6.45, 7) is 0.118. The van der Waals surface area contributed by atoms with E-state index in [1.807, 2.05) is 54.6 Å². The van der Waals surface area contributed by atoms with Crippen molar-refractivity contribution in [2.45, 2.75) is 41.9 Å². The van der Waals surface area contributed by atoms with Crippen LogP contribution in [-0.4, -0.2) is 60.0 Å². The van der Waals surface area contributed by atoms with E-state index >= 15 is 0 Å². The summed E-state index contributed by atoms with van der Waals surface area (Å²) in [5, 5.41) is 35.5. The van der Waals surface area contributed by atoms with Crippen LogP contribution in [0.4, 0.5) is 0 Å². The Balaban J connectivity index is 1.25. The number of aliphatic hydroxyl groups is 3. The molecular weight excluding hydrogens is 456 g/mol. The first-order chi connectivity index (χ1) is 16.6. The molecule has 34 heavy (non-hydrogen) atoms. The molecule has 1 aliphatic rings. The summed E-state index contributed by atoms with van der Waals surface area (Å²) in [4.78, 5) is 8.68. The molecule has 3 heterocycles. The van der Waals surface area contributed by atoms with Gasteiger partial charge in [0, 0.05) is 5.75 Å². The quantitative estimate of drug-likeness (QED) is 0.257. The van der Waals surface area contributed by atoms with E-state index in [-0.39, 0.29) is 0 Å². The lowest BCUT2D eigenvalue weighted by molar-refractivity contribution is -0.0566. The van der Waals surface area contributed by atoms with Crippen LogP contribution in [-0.2, 0) is 17.1 Å². The maximum Gasteiger partial charge on any atom is 0.181 e. The molecule has 10 heteroatoms. The minimum absolute atomic E-state index is 0.403. The highest BCUT2D eigenvalue weighted by molar-refractivity contribution is 7.98. The zero-order valence-corrected chi connectivity index (χ0v) is 19.0. The monoisotopic (exact) mass is 480 g/mol. The molecule has 0 bridgehead atoms. The maximum absolute atomic E-state index is 10.3. The molecule has 4 atom stereocenters. The number of nitrogens with zero attached hydrogens (tertiary/aromatic N) is 4. The van der Waals surface area contributed by atoms with E-state index in [2.05, 4.69) is 15.1 Å². The molecule has 0 aliphatic carbocycles. The third kappa shape index (κ3) is 4.63. The fraction of sp³-hybridized carbons (Fsp3) is 0.292. The van der Waals surface area contributed by atoms with Crippen LogP contribution in [0.15, 0.2) is 72.1 Å². The van der Waals surface area contributed by atoms with Crippen LogP contribution in [0.1, 0.15) is 17.4 Å². The normalized spacial score (nSPS) is 22.3. The van der Waals surface area contributed by atoms with Gasteiger partial charge in [-0.1, -0.05) is 42.5 Å². The second-order valence-electron chi connectivity index (χ2n) is 7.94. The van der Waals surface area contributed by atoms with Crippen LogP contribution in [0, 0.1) is 0 Å². The number of aromatic nitrogens is 4. The average molecular weight is 481 g/mol. The van der Waals surface area contributed by atoms with E-state index in [1.165, 1.54) is 11.0 Å². The Bertz CT molecular complexity index is 1240. The van der Waals surface area contributed by atoms with Gasteiger partial charge in [-0.05, 0) is 23.3 Å². The van der Waals surface area contributed by atoms with Crippen molar-refractivity contribution in [3.63, 3.8) is 0 Å². The predicted molar refractivity (Wildman–Crippen MR) is 125 cm³/mol. The molecule has 0 amide bonds. The Morgan fingerprint density at radius 1 is 0.971 bits per heavy atom. The second kappa shape index (κ2) is 10.1. The van der Waals surface area contributed by atoms with Crippen molar-refractivity contribution in [1.29, 1.82) is 0 Å². The molecule has 0 spiro atoms. The predicted octanol–water partition coefficient (Wildman–Crippen LogP) is 2.31. The van der Waals surface area contributed by atoms with Gasteiger partial charge in [-0.15, -0.1) is 11.8 Å². The van der Waals surface area contributed by atoms with Crippen LogP contribution in [0.3, 0.4) is 0 Å². The van der Waals surface area contributed by atoms with Crippen LogP contribution >= 0.6 is 11.8 Å². The number of hydrogen-bond acceptors (Lipinski definition) is 9. The van der Waals surface area contributed by atoms with Gasteiger partial charge in [0.15, 0.2) is 11.9 Å². The summed E-state index contributed by atoms with van der Waals surface area (Å²) in [6, 6.07) is 18.0. The van der Waals surface area contributed by atoms with Crippen LogP contribution in [0.5, 0.6) is 5.75 Å². The van der Waals surface area contributed by atoms with Gasteiger partial charge in [-0.2, -0.15) is 5.10 Å². The molecular formula is C24H24N4O5S. The Kier molecular flexibility index (Phi) is 6.75. The summed E-state index contributed by atoms with van der Waals surface area (Å²) in [7, 11) is 0. The van der Waals surface area contributed by atoms with E-state index < -0.39 is 31.1 Å². The van der Waals surface area contributed by atoms with Gasteiger partial charge in [0.05, 0.1) is 18.2 Å². The van der Waals surface area contributed by atoms with Crippen molar-refractivity contribution in [2.24, 2.45) is 0 Å². The van der Waals surface area contributed by atoms with E-state index in [0.29, 0.717) is 23.4 Å². The highest BCUT2D eigenvalue weighted by Crippen LogP contribution is 2.33. The summed E-state index contributed by atoms with van der Waals surface area (Å²) in [6.07, 6.45) is -1.20. The van der Waals surface area contributed by atoms with Crippen molar-refractivity contribution in [1.82, 2.24) is 19.7 Å². The lowest BCUT2D eigenvalue weighted by atomic mass is 10.1. The molecule has 0 radical (unpaired) electrons. The second-order valence-corrected chi connectivity index (χ2v) is 8.91. The standard InChI is InChI=1S/C24H24N4O5S/c29-11-19-20(30)21(31)24(33-19)28-22-18(10-27-28)23(26-14-25-22)34-13-16-6-8-17(9-7-16)32-12-15-4-2-1-3-5-15/h1-10,14,19-21,24,29-31H,11-13H2/t19-,20-,21-,24-/m1/s1. The van der Waals surface area contributed by atoms with Gasteiger partial charge in [-0.3, -0.25) is 0 Å². The first-order valence-corrected chi connectivity index (χ1v) is 11.8. The van der Waals surface area contributed by atoms with Crippen molar-refractivity contribution in [3.8, 4) is 5.75 Å². The number of benzene rings is 2. The lowest BCUT2D eigenvalue weighted by Gasteiger charge is -2.15. The zero-order valence-electron chi connectivity index (χ0n) is 18.1. The Hall–Kier alpha value is -3.02. The topological polar surface area (TPSA) is 123 Å². The van der Waals surface area contributed by atoms with E-state index in [4.69, 9.17) is 9.47 Å². The molecule has 1 saturated heterocycles. The third-order valence-corrected chi connectivity index (χ3v) is 6.74. The highest BCUT2D eigenvalue weighted by Gasteiger charge is 2.44. The molecule has 4 aromatic rings. The fourth-order valence-corrected chi connectivity index (χ4v) is 4.72. The summed E-state index contributed by atoms with van der Waals surface area (Å²) < 4.78 is 12.9. The first kappa shape index (κ1) is 22.8. The molecule has 9 nitrogen and oxygen atoms in total. The molecule has 5 rings (SSSR count). The molecule has 176 valence electrons. The number of thioether (sulfide) groups is 1. The first-order valence-electron chi connectivity index (χ1n) is 10.8. The highest BCUT2D eigenvalue weighted by atomic mass is 32.2. The molecule has 3 N–H and O–H groups in total. The SMILES string of the molecule is OC[C@H]1O[C@@H](n2ncc3c(SCc4ccc(OCc5ccccc5)cc4)ncnc32)[C@H](O)[C@@H]1O. The Labute approximate surface area is 200 Å². The van der Waals surface area contributed by atoms with Crippen LogP contribution < -0.4 is 4.74 Å². The fourth-order valence-electron chi connectivity index (χ4n) is 3.80. The third-order valence-electron chi connectivity index (χ3n) is 5.66. The van der Waals surface area contributed by atoms with E-state index in [0.717, 1.165) is 21.9 Å². The largest absolute Gasteiger partial charge is 0.489 e. The molecule has 1 fully saturated rings.